The molecule has 0 saturated heterocycles. The highest BCUT2D eigenvalue weighted by Crippen LogP contribution is 2.34. The number of hydrogen-bond donors (Lipinski definition) is 4. The first-order valence-electron chi connectivity index (χ1n) is 11.8. The number of hydrogen-bond acceptors (Lipinski definition) is 6. The molecule has 0 amide bonds. The first kappa shape index (κ1) is 35.1. The first-order valence-corrected chi connectivity index (χ1v) is 12.2. The zero-order valence-electron chi connectivity index (χ0n) is 22.1. The van der Waals surface area contributed by atoms with E-state index in [2.05, 4.69) is 20.0 Å². The Balaban J connectivity index is 0.000000433. The minimum Gasteiger partial charge on any atom is -0.492 e. The number of thiocarbonyl (C=S) groups is 1. The van der Waals surface area contributed by atoms with E-state index in [1.54, 1.807) is 24.3 Å². The number of alkyl halides is 3. The fourth-order valence-corrected chi connectivity index (χ4v) is 3.13. The van der Waals surface area contributed by atoms with Crippen molar-refractivity contribution in [2.75, 3.05) is 18.5 Å². The summed E-state index contributed by atoms with van der Waals surface area (Å²) in [6, 6.07) is 17.5. The van der Waals surface area contributed by atoms with Gasteiger partial charge in [-0.05, 0) is 68.0 Å². The minimum absolute atomic E-state index is 0. The molecule has 9 nitrogen and oxygen atoms in total. The van der Waals surface area contributed by atoms with Crippen LogP contribution in [0.1, 0.15) is 25.0 Å². The van der Waals surface area contributed by atoms with Crippen LogP contribution in [-0.4, -0.2) is 43.1 Å². The second kappa shape index (κ2) is 17.7. The maximum Gasteiger partial charge on any atom is 0.573 e. The molecule has 3 aromatic carbocycles. The first-order chi connectivity index (χ1) is 19.1. The van der Waals surface area contributed by atoms with Crippen LogP contribution in [0.15, 0.2) is 76.7 Å². The van der Waals surface area contributed by atoms with E-state index in [0.29, 0.717) is 41.7 Å². The number of nitrogens with zero attached hydrogens (tertiary/aromatic N) is 2. The van der Waals surface area contributed by atoms with Gasteiger partial charge in [-0.15, -0.1) is 37.1 Å². The summed E-state index contributed by atoms with van der Waals surface area (Å²) in [5, 5.41) is 10.2. The van der Waals surface area contributed by atoms with Gasteiger partial charge in [-0.1, -0.05) is 30.3 Å². The van der Waals surface area contributed by atoms with Crippen molar-refractivity contribution in [2.45, 2.75) is 20.2 Å². The monoisotopic (exact) mass is 702 g/mol. The van der Waals surface area contributed by atoms with Crippen LogP contribution in [0, 0.1) is 5.41 Å². The third kappa shape index (κ3) is 12.9. The second-order valence-electron chi connectivity index (χ2n) is 7.55. The van der Waals surface area contributed by atoms with Gasteiger partial charge in [0.1, 0.15) is 35.1 Å². The summed E-state index contributed by atoms with van der Waals surface area (Å²) in [6.45, 7) is 4.97. The van der Waals surface area contributed by atoms with Gasteiger partial charge in [-0.2, -0.15) is 0 Å². The van der Waals surface area contributed by atoms with Crippen LogP contribution in [0.2, 0.25) is 0 Å². The maximum absolute atomic E-state index is 12.0. The highest BCUT2D eigenvalue weighted by Gasteiger charge is 2.30. The third-order valence-corrected chi connectivity index (χ3v) is 4.78. The summed E-state index contributed by atoms with van der Waals surface area (Å²) < 4.78 is 50.8. The standard InChI is InChI=1S/C16H13F3N4O.C11H16N2O2S.HI/c17-16(18,19)24-14-7-5-13(6-8-14)22-10-23-15(21)12-3-1-11(9-20)2-4-12;1-3-14-8-6-5-7-9(15-4-2)10(8)13-11(12)16;/h1-10,20H,(H2,21,22,23);5-7H,3-4H2,1-2H3,(H3,12,13,16);1H. The van der Waals surface area contributed by atoms with Crippen LogP contribution in [0.4, 0.5) is 24.5 Å². The Hall–Kier alpha value is -3.92. The molecule has 0 atom stereocenters. The molecule has 0 radical (unpaired) electrons. The fourth-order valence-electron chi connectivity index (χ4n) is 3.03. The minimum atomic E-state index is -4.73. The Morgan fingerprint density at radius 2 is 1.51 bits per heavy atom. The van der Waals surface area contributed by atoms with Crippen molar-refractivity contribution in [3.63, 3.8) is 0 Å². The van der Waals surface area contributed by atoms with Crippen molar-refractivity contribution in [3.8, 4) is 17.2 Å². The van der Waals surface area contributed by atoms with E-state index in [1.807, 2.05) is 32.0 Å². The molecule has 0 aromatic heterocycles. The topological polar surface area (TPSA) is 140 Å². The van der Waals surface area contributed by atoms with E-state index in [1.165, 1.54) is 24.7 Å². The van der Waals surface area contributed by atoms with Crippen molar-refractivity contribution in [1.82, 2.24) is 0 Å². The molecule has 6 N–H and O–H groups in total. The molecule has 0 saturated carbocycles. The highest BCUT2D eigenvalue weighted by atomic mass is 127. The lowest BCUT2D eigenvalue weighted by atomic mass is 10.1. The molecule has 14 heteroatoms. The lowest BCUT2D eigenvalue weighted by Crippen LogP contribution is -2.20. The number of amidine groups is 1. The maximum atomic E-state index is 12.0. The number of para-hydroxylation sites is 1. The Kier molecular flexibility index (Phi) is 15.2. The molecule has 0 fully saturated rings. The van der Waals surface area contributed by atoms with Gasteiger partial charge < -0.3 is 36.4 Å². The van der Waals surface area contributed by atoms with E-state index >= 15 is 0 Å². The second-order valence-corrected chi connectivity index (χ2v) is 7.99. The van der Waals surface area contributed by atoms with Crippen LogP contribution < -0.4 is 31.0 Å². The normalized spacial score (nSPS) is 11.0. The lowest BCUT2D eigenvalue weighted by molar-refractivity contribution is -0.274. The predicted octanol–water partition coefficient (Wildman–Crippen LogP) is 6.41. The number of ether oxygens (including phenoxy) is 3. The third-order valence-electron chi connectivity index (χ3n) is 4.68. The van der Waals surface area contributed by atoms with Crippen LogP contribution in [0.5, 0.6) is 17.2 Å². The van der Waals surface area contributed by atoms with E-state index in [9.17, 15) is 13.2 Å². The van der Waals surface area contributed by atoms with Crippen molar-refractivity contribution < 1.29 is 27.4 Å². The summed E-state index contributed by atoms with van der Waals surface area (Å²) in [5.41, 5.74) is 13.8. The van der Waals surface area contributed by atoms with Gasteiger partial charge in [0, 0.05) is 11.8 Å². The Labute approximate surface area is 258 Å². The van der Waals surface area contributed by atoms with Crippen LogP contribution in [-0.2, 0) is 0 Å². The number of anilines is 1. The van der Waals surface area contributed by atoms with Gasteiger partial charge in [-0.3, -0.25) is 0 Å². The molecule has 41 heavy (non-hydrogen) atoms. The summed E-state index contributed by atoms with van der Waals surface area (Å²) in [5.74, 6) is 1.27. The molecule has 0 heterocycles. The summed E-state index contributed by atoms with van der Waals surface area (Å²) >= 11 is 4.82. The smallest absolute Gasteiger partial charge is 0.492 e. The molecule has 0 aliphatic heterocycles. The van der Waals surface area contributed by atoms with Gasteiger partial charge in [-0.25, -0.2) is 9.98 Å². The molecule has 0 aliphatic carbocycles. The molecular weight excluding hydrogens is 672 g/mol. The Bertz CT molecular complexity index is 1300. The molecule has 3 aromatic rings. The Morgan fingerprint density at radius 3 is 1.98 bits per heavy atom. The number of nitrogens with one attached hydrogen (secondary N) is 2. The summed E-state index contributed by atoms with van der Waals surface area (Å²) in [6.07, 6.45) is -2.30. The van der Waals surface area contributed by atoms with Crippen molar-refractivity contribution in [2.24, 2.45) is 21.5 Å². The van der Waals surface area contributed by atoms with E-state index in [-0.39, 0.29) is 40.7 Å². The number of halogens is 4. The molecule has 0 spiro atoms. The van der Waals surface area contributed by atoms with E-state index in [0.717, 1.165) is 17.7 Å². The zero-order valence-corrected chi connectivity index (χ0v) is 25.3. The summed E-state index contributed by atoms with van der Waals surface area (Å²) in [4.78, 5) is 7.94. The largest absolute Gasteiger partial charge is 0.573 e. The molecule has 0 unspecified atom stereocenters. The van der Waals surface area contributed by atoms with Gasteiger partial charge in [0.05, 0.1) is 18.9 Å². The predicted molar refractivity (Wildman–Crippen MR) is 171 cm³/mol. The molecular formula is C27H30F3IN6O3S. The average Bonchev–Trinajstić information content (AvgIpc) is 2.91. The lowest BCUT2D eigenvalue weighted by Gasteiger charge is -2.15. The molecule has 0 aliphatic rings. The van der Waals surface area contributed by atoms with Gasteiger partial charge in [0.2, 0.25) is 0 Å². The zero-order chi connectivity index (χ0) is 29.5. The number of nitrogens with two attached hydrogens (primary N) is 2. The van der Waals surface area contributed by atoms with E-state index in [4.69, 9.17) is 38.6 Å². The molecule has 3 rings (SSSR count). The number of benzene rings is 3. The van der Waals surface area contributed by atoms with Crippen LogP contribution in [0.25, 0.3) is 0 Å². The van der Waals surface area contributed by atoms with Crippen molar-refractivity contribution in [1.29, 1.82) is 5.41 Å². The fraction of sp³-hybridized carbons (Fsp3) is 0.185. The van der Waals surface area contributed by atoms with Gasteiger partial charge in [0.25, 0.3) is 0 Å². The summed E-state index contributed by atoms with van der Waals surface area (Å²) in [7, 11) is 0. The Morgan fingerprint density at radius 1 is 0.951 bits per heavy atom. The number of rotatable bonds is 10. The highest BCUT2D eigenvalue weighted by molar-refractivity contribution is 14.0. The van der Waals surface area contributed by atoms with E-state index < -0.39 is 6.36 Å². The molecule has 220 valence electrons. The SMILES string of the molecule is CCOc1cccc(OCC)c1NC(N)=S.I.N=Cc1ccc(C(N)=NC=Nc2ccc(OC(F)(F)F)cc2)cc1. The van der Waals surface area contributed by atoms with Crippen molar-refractivity contribution >= 4 is 71.1 Å². The molecule has 0 bridgehead atoms. The van der Waals surface area contributed by atoms with Crippen molar-refractivity contribution in [3.05, 3.63) is 77.9 Å². The van der Waals surface area contributed by atoms with Crippen LogP contribution >= 0.6 is 36.2 Å². The average molecular weight is 703 g/mol. The quantitative estimate of drug-likeness (QED) is 0.0829. The van der Waals surface area contributed by atoms with Gasteiger partial charge in [0.15, 0.2) is 5.11 Å². The van der Waals surface area contributed by atoms with Gasteiger partial charge >= 0.3 is 6.36 Å². The number of aliphatic imine (C=N–C) groups is 2. The van der Waals surface area contributed by atoms with Crippen LogP contribution in [0.3, 0.4) is 0 Å².